The molecule has 10 atom stereocenters. The number of carbonyl (C=O) groups excluding carboxylic acids is 1. The molecule has 1 aliphatic heterocycles. The van der Waals surface area contributed by atoms with Crippen LogP contribution in [0, 0.1) is 45.3 Å². The van der Waals surface area contributed by atoms with Crippen molar-refractivity contribution in [1.29, 1.82) is 0 Å². The molecule has 1 heterocycles. The number of ether oxygens (including phenoxy) is 1. The van der Waals surface area contributed by atoms with Gasteiger partial charge >= 0.3 is 0 Å². The fourth-order valence-electron chi connectivity index (χ4n) is 9.98. The molecule has 1 saturated heterocycles. The summed E-state index contributed by atoms with van der Waals surface area (Å²) in [5, 5.41) is 31.9. The van der Waals surface area contributed by atoms with Crippen LogP contribution in [0.25, 0.3) is 0 Å². The normalized spacial score (nSPS) is 50.2. The third kappa shape index (κ3) is 3.43. The second-order valence-electron chi connectivity index (χ2n) is 14.6. The second-order valence-corrected chi connectivity index (χ2v) is 14.6. The molecular formula is C30H48O5. The first-order valence-corrected chi connectivity index (χ1v) is 14.0. The second kappa shape index (κ2) is 7.88. The van der Waals surface area contributed by atoms with E-state index in [0.29, 0.717) is 36.4 Å². The van der Waals surface area contributed by atoms with Crippen molar-refractivity contribution < 1.29 is 24.9 Å². The molecule has 3 saturated carbocycles. The molecule has 5 heteroatoms. The highest BCUT2D eigenvalue weighted by atomic mass is 16.6. The third-order valence-electron chi connectivity index (χ3n) is 12.4. The van der Waals surface area contributed by atoms with Gasteiger partial charge in [0.15, 0.2) is 6.29 Å². The number of Topliss-reactive ketones (excluding diaryl/α,β-unsaturated/α-hetero) is 1. The predicted molar refractivity (Wildman–Crippen MR) is 135 cm³/mol. The topological polar surface area (TPSA) is 87.0 Å². The molecule has 0 aromatic heterocycles. The quantitative estimate of drug-likeness (QED) is 0.486. The van der Waals surface area contributed by atoms with Gasteiger partial charge in [0.2, 0.25) is 0 Å². The number of hydrogen-bond acceptors (Lipinski definition) is 5. The van der Waals surface area contributed by atoms with Gasteiger partial charge in [-0.15, -0.1) is 0 Å². The number of allylic oxidation sites excluding steroid dienone is 2. The van der Waals surface area contributed by atoms with Crippen molar-refractivity contribution in [3.05, 3.63) is 11.6 Å². The van der Waals surface area contributed by atoms with E-state index in [1.807, 2.05) is 0 Å². The van der Waals surface area contributed by atoms with Crippen LogP contribution in [0.4, 0.5) is 0 Å². The lowest BCUT2D eigenvalue weighted by atomic mass is 9.41. The summed E-state index contributed by atoms with van der Waals surface area (Å²) in [6.45, 7) is 14.9. The predicted octanol–water partition coefficient (Wildman–Crippen LogP) is 5.02. The van der Waals surface area contributed by atoms with Crippen LogP contribution in [0.1, 0.15) is 99.8 Å². The Hall–Kier alpha value is -0.750. The maximum absolute atomic E-state index is 12.8. The minimum absolute atomic E-state index is 0.0286. The first kappa shape index (κ1) is 25.9. The number of rotatable bonds is 3. The van der Waals surface area contributed by atoms with Gasteiger partial charge in [0.25, 0.3) is 0 Å². The van der Waals surface area contributed by atoms with Crippen molar-refractivity contribution >= 4 is 5.78 Å². The standard InChI is InChI=1S/C30H48O5/c1-26(2)22-9-8-20-19(28(22,5)13-12-23(26)31)11-15-29(6)18(10-14-30(20,29)7)17-16-21(35-25(17)33)24(32)27(3,4)34/h8,17-19,21-22,24-25,32-34H,9-16H2,1-7H3/t17-,18-,19-,21+,22-,24-,25+,28+,29-,30+/m0/s1. The van der Waals surface area contributed by atoms with Gasteiger partial charge in [-0.1, -0.05) is 46.3 Å². The Morgan fingerprint density at radius 3 is 2.43 bits per heavy atom. The molecule has 35 heavy (non-hydrogen) atoms. The van der Waals surface area contributed by atoms with E-state index in [0.717, 1.165) is 38.5 Å². The van der Waals surface area contributed by atoms with E-state index in [-0.39, 0.29) is 27.6 Å². The summed E-state index contributed by atoms with van der Waals surface area (Å²) >= 11 is 0. The maximum atomic E-state index is 12.8. The van der Waals surface area contributed by atoms with Crippen LogP contribution in [0.3, 0.4) is 0 Å². The molecule has 0 amide bonds. The number of fused-ring (bicyclic) bond motifs is 5. The van der Waals surface area contributed by atoms with Crippen molar-refractivity contribution in [3.63, 3.8) is 0 Å². The van der Waals surface area contributed by atoms with Crippen LogP contribution >= 0.6 is 0 Å². The van der Waals surface area contributed by atoms with E-state index < -0.39 is 24.1 Å². The number of aliphatic hydroxyl groups excluding tert-OH is 2. The van der Waals surface area contributed by atoms with E-state index in [1.165, 1.54) is 0 Å². The summed E-state index contributed by atoms with van der Waals surface area (Å²) in [7, 11) is 0. The third-order valence-corrected chi connectivity index (χ3v) is 12.4. The number of carbonyl (C=O) groups is 1. The summed E-state index contributed by atoms with van der Waals surface area (Å²) in [4.78, 5) is 12.8. The van der Waals surface area contributed by atoms with Crippen LogP contribution in [0.5, 0.6) is 0 Å². The van der Waals surface area contributed by atoms with Crippen molar-refractivity contribution in [2.75, 3.05) is 0 Å². The molecule has 0 bridgehead atoms. The van der Waals surface area contributed by atoms with Crippen LogP contribution < -0.4 is 0 Å². The van der Waals surface area contributed by atoms with E-state index >= 15 is 0 Å². The summed E-state index contributed by atoms with van der Waals surface area (Å²) in [5.74, 6) is 1.66. The van der Waals surface area contributed by atoms with E-state index in [4.69, 9.17) is 4.74 Å². The summed E-state index contributed by atoms with van der Waals surface area (Å²) in [5.41, 5.74) is 0.409. The zero-order chi connectivity index (χ0) is 25.8. The van der Waals surface area contributed by atoms with Crippen molar-refractivity contribution in [2.45, 2.75) is 124 Å². The number of aliphatic hydroxyl groups is 3. The van der Waals surface area contributed by atoms with Crippen molar-refractivity contribution in [3.8, 4) is 0 Å². The summed E-state index contributed by atoms with van der Waals surface area (Å²) in [6.07, 6.45) is 7.78. The molecular weight excluding hydrogens is 440 g/mol. The largest absolute Gasteiger partial charge is 0.388 e. The molecule has 4 aliphatic carbocycles. The average Bonchev–Trinajstić information content (AvgIpc) is 3.26. The molecule has 0 aromatic carbocycles. The molecule has 3 N–H and O–H groups in total. The molecule has 0 radical (unpaired) electrons. The molecule has 198 valence electrons. The Balaban J connectivity index is 1.44. The highest BCUT2D eigenvalue weighted by Crippen LogP contribution is 2.73. The Morgan fingerprint density at radius 2 is 1.77 bits per heavy atom. The van der Waals surface area contributed by atoms with Crippen LogP contribution in [0.15, 0.2) is 11.6 Å². The van der Waals surface area contributed by atoms with E-state index in [2.05, 4.69) is 40.7 Å². The van der Waals surface area contributed by atoms with E-state index in [1.54, 1.807) is 19.4 Å². The molecule has 0 spiro atoms. The highest BCUT2D eigenvalue weighted by molar-refractivity contribution is 5.85. The minimum Gasteiger partial charge on any atom is -0.388 e. The van der Waals surface area contributed by atoms with Crippen molar-refractivity contribution in [2.24, 2.45) is 45.3 Å². The van der Waals surface area contributed by atoms with Crippen LogP contribution in [-0.2, 0) is 9.53 Å². The van der Waals surface area contributed by atoms with Gasteiger partial charge in [-0.05, 0) is 92.8 Å². The van der Waals surface area contributed by atoms with Gasteiger partial charge in [-0.25, -0.2) is 0 Å². The van der Waals surface area contributed by atoms with Gasteiger partial charge in [0.05, 0.1) is 11.7 Å². The van der Waals surface area contributed by atoms with Gasteiger partial charge < -0.3 is 20.1 Å². The molecule has 0 unspecified atom stereocenters. The lowest BCUT2D eigenvalue weighted by Gasteiger charge is -2.63. The fraction of sp³-hybridized carbons (Fsp3) is 0.900. The van der Waals surface area contributed by atoms with Crippen molar-refractivity contribution in [1.82, 2.24) is 0 Å². The van der Waals surface area contributed by atoms with Crippen LogP contribution in [0.2, 0.25) is 0 Å². The number of hydrogen-bond donors (Lipinski definition) is 3. The smallest absolute Gasteiger partial charge is 0.158 e. The van der Waals surface area contributed by atoms with Gasteiger partial charge in [-0.2, -0.15) is 0 Å². The monoisotopic (exact) mass is 488 g/mol. The molecule has 5 nitrogen and oxygen atoms in total. The molecule has 0 aromatic rings. The molecule has 5 aliphatic rings. The summed E-state index contributed by atoms with van der Waals surface area (Å²) < 4.78 is 5.86. The van der Waals surface area contributed by atoms with E-state index in [9.17, 15) is 20.1 Å². The first-order valence-electron chi connectivity index (χ1n) is 14.0. The average molecular weight is 489 g/mol. The maximum Gasteiger partial charge on any atom is 0.158 e. The fourth-order valence-corrected chi connectivity index (χ4v) is 9.98. The molecule has 4 fully saturated rings. The Kier molecular flexibility index (Phi) is 5.83. The summed E-state index contributed by atoms with van der Waals surface area (Å²) in [6, 6.07) is 0. The van der Waals surface area contributed by atoms with Crippen LogP contribution in [-0.4, -0.2) is 45.2 Å². The molecule has 5 rings (SSSR count). The zero-order valence-electron chi connectivity index (χ0n) is 22.9. The minimum atomic E-state index is -1.26. The Labute approximate surface area is 211 Å². The van der Waals surface area contributed by atoms with Gasteiger partial charge in [0, 0.05) is 17.8 Å². The Bertz CT molecular complexity index is 916. The Morgan fingerprint density at radius 1 is 1.09 bits per heavy atom. The SMILES string of the molecule is CC(C)(O)[C@@H](O)[C@H]1C[C@@H]([C@@H]2CC[C@]3(C)C4=CC[C@H]5C(C)(C)C(=O)CC[C@]5(C)[C@H]4CC[C@@]23C)[C@H](O)O1. The van der Waals surface area contributed by atoms with Gasteiger partial charge in [-0.3, -0.25) is 4.79 Å². The number of ketones is 1. The van der Waals surface area contributed by atoms with Gasteiger partial charge in [0.1, 0.15) is 11.9 Å². The lowest BCUT2D eigenvalue weighted by molar-refractivity contribution is -0.172. The highest BCUT2D eigenvalue weighted by Gasteiger charge is 2.66. The first-order chi connectivity index (χ1) is 16.1. The lowest BCUT2D eigenvalue weighted by Crippen LogP contribution is -2.57. The zero-order valence-corrected chi connectivity index (χ0v) is 22.9.